The Hall–Kier alpha value is -1.09. The first-order valence-corrected chi connectivity index (χ1v) is 6.05. The number of hydrogen-bond acceptors (Lipinski definition) is 2. The van der Waals surface area contributed by atoms with Crippen molar-refractivity contribution in [3.8, 4) is 0 Å². The van der Waals surface area contributed by atoms with E-state index >= 15 is 0 Å². The summed E-state index contributed by atoms with van der Waals surface area (Å²) in [5.41, 5.74) is 2.22. The third kappa shape index (κ3) is 1.42. The molecule has 2 aliphatic rings. The van der Waals surface area contributed by atoms with Gasteiger partial charge in [-0.05, 0) is 31.7 Å². The van der Waals surface area contributed by atoms with Crippen LogP contribution in [0.5, 0.6) is 0 Å². The molecule has 0 aliphatic heterocycles. The summed E-state index contributed by atoms with van der Waals surface area (Å²) in [5, 5.41) is 0. The largest absolute Gasteiger partial charge is 0.381 e. The van der Waals surface area contributed by atoms with Gasteiger partial charge < -0.3 is 9.30 Å². The second-order valence-corrected chi connectivity index (χ2v) is 4.84. The maximum atomic E-state index is 11.7. The molecule has 1 saturated carbocycles. The second kappa shape index (κ2) is 3.74. The predicted molar refractivity (Wildman–Crippen MR) is 60.8 cm³/mol. The zero-order chi connectivity index (χ0) is 11.1. The Kier molecular flexibility index (Phi) is 2.36. The summed E-state index contributed by atoms with van der Waals surface area (Å²) in [6, 6.07) is 2.55. The van der Waals surface area contributed by atoms with Crippen LogP contribution in [0.2, 0.25) is 0 Å². The molecule has 16 heavy (non-hydrogen) atoms. The van der Waals surface area contributed by atoms with Crippen LogP contribution in [-0.4, -0.2) is 23.6 Å². The van der Waals surface area contributed by atoms with Gasteiger partial charge in [-0.25, -0.2) is 0 Å². The number of hydrogen-bond donors (Lipinski definition) is 0. The molecule has 0 radical (unpaired) electrons. The highest BCUT2D eigenvalue weighted by atomic mass is 16.5. The maximum absolute atomic E-state index is 11.7. The van der Waals surface area contributed by atoms with Crippen molar-refractivity contribution in [2.24, 2.45) is 0 Å². The molecular formula is C13H17NO2. The molecule has 0 amide bonds. The number of Topliss-reactive ketones (excluding diaryl/α,β-unsaturated/α-hetero) is 1. The molecule has 1 heterocycles. The van der Waals surface area contributed by atoms with Gasteiger partial charge in [0, 0.05) is 37.0 Å². The van der Waals surface area contributed by atoms with Gasteiger partial charge in [0.05, 0.1) is 6.10 Å². The Morgan fingerprint density at radius 3 is 2.94 bits per heavy atom. The number of carbonyl (C=O) groups is 1. The lowest BCUT2D eigenvalue weighted by Crippen LogP contribution is -2.33. The fraction of sp³-hybridized carbons (Fsp3) is 0.615. The first-order chi connectivity index (χ1) is 7.79. The van der Waals surface area contributed by atoms with Gasteiger partial charge in [0.15, 0.2) is 5.78 Å². The molecule has 3 heteroatoms. The highest BCUT2D eigenvalue weighted by Gasteiger charge is 2.33. The zero-order valence-corrected chi connectivity index (χ0v) is 9.61. The van der Waals surface area contributed by atoms with E-state index in [4.69, 9.17) is 4.74 Å². The Bertz CT molecular complexity index is 416. The zero-order valence-electron chi connectivity index (χ0n) is 9.61. The average molecular weight is 219 g/mol. The molecular weight excluding hydrogens is 202 g/mol. The van der Waals surface area contributed by atoms with Crippen molar-refractivity contribution in [1.29, 1.82) is 0 Å². The summed E-state index contributed by atoms with van der Waals surface area (Å²) in [6.07, 6.45) is 7.48. The lowest BCUT2D eigenvalue weighted by molar-refractivity contribution is 0.00548. The van der Waals surface area contributed by atoms with E-state index in [0.717, 1.165) is 37.7 Å². The van der Waals surface area contributed by atoms with Crippen LogP contribution in [-0.2, 0) is 11.2 Å². The van der Waals surface area contributed by atoms with Crippen molar-refractivity contribution >= 4 is 5.78 Å². The minimum Gasteiger partial charge on any atom is -0.381 e. The van der Waals surface area contributed by atoms with E-state index in [0.29, 0.717) is 17.9 Å². The Labute approximate surface area is 95.4 Å². The molecule has 0 unspecified atom stereocenters. The van der Waals surface area contributed by atoms with Crippen LogP contribution in [0.1, 0.15) is 47.8 Å². The van der Waals surface area contributed by atoms with Crippen LogP contribution < -0.4 is 0 Å². The van der Waals surface area contributed by atoms with E-state index in [9.17, 15) is 4.79 Å². The van der Waals surface area contributed by atoms with Gasteiger partial charge in [0.25, 0.3) is 0 Å². The number of rotatable bonds is 2. The summed E-state index contributed by atoms with van der Waals surface area (Å²) in [7, 11) is 1.77. The standard InChI is InChI=1S/C13H17NO2/c1-16-10-7-9(8-10)14-6-5-11-12(14)3-2-4-13(11)15/h5-6,9-10H,2-4,7-8H2,1H3. The summed E-state index contributed by atoms with van der Waals surface area (Å²) in [5.74, 6) is 0.322. The summed E-state index contributed by atoms with van der Waals surface area (Å²) in [4.78, 5) is 11.7. The van der Waals surface area contributed by atoms with E-state index in [1.807, 2.05) is 6.07 Å². The van der Waals surface area contributed by atoms with E-state index in [1.165, 1.54) is 5.69 Å². The Morgan fingerprint density at radius 1 is 1.38 bits per heavy atom. The molecule has 0 bridgehead atoms. The van der Waals surface area contributed by atoms with Crippen molar-refractivity contribution in [3.05, 3.63) is 23.5 Å². The molecule has 1 aromatic rings. The first kappa shape index (κ1) is 10.1. The quantitative estimate of drug-likeness (QED) is 0.764. The summed E-state index contributed by atoms with van der Waals surface area (Å²) < 4.78 is 7.61. The topological polar surface area (TPSA) is 31.2 Å². The molecule has 86 valence electrons. The van der Waals surface area contributed by atoms with Crippen molar-refractivity contribution in [2.75, 3.05) is 7.11 Å². The molecule has 3 rings (SSSR count). The second-order valence-electron chi connectivity index (χ2n) is 4.84. The lowest BCUT2D eigenvalue weighted by Gasteiger charge is -2.36. The van der Waals surface area contributed by atoms with Gasteiger partial charge in [-0.1, -0.05) is 0 Å². The maximum Gasteiger partial charge on any atom is 0.164 e. The third-order valence-electron chi connectivity index (χ3n) is 3.94. The van der Waals surface area contributed by atoms with Crippen LogP contribution in [0.15, 0.2) is 12.3 Å². The number of nitrogens with zero attached hydrogens (tertiary/aromatic N) is 1. The van der Waals surface area contributed by atoms with Gasteiger partial charge in [-0.2, -0.15) is 0 Å². The van der Waals surface area contributed by atoms with E-state index in [2.05, 4.69) is 10.8 Å². The van der Waals surface area contributed by atoms with Crippen LogP contribution in [0.3, 0.4) is 0 Å². The molecule has 0 saturated heterocycles. The number of aromatic nitrogens is 1. The van der Waals surface area contributed by atoms with Crippen LogP contribution in [0, 0.1) is 0 Å². The SMILES string of the molecule is COC1CC(n2ccc3c2CCCC3=O)C1. The Balaban J connectivity index is 1.84. The number of carbonyl (C=O) groups excluding carboxylic acids is 1. The molecule has 2 aliphatic carbocycles. The smallest absolute Gasteiger partial charge is 0.164 e. The fourth-order valence-electron chi connectivity index (χ4n) is 2.85. The van der Waals surface area contributed by atoms with E-state index in [-0.39, 0.29) is 0 Å². The molecule has 0 spiro atoms. The van der Waals surface area contributed by atoms with Crippen molar-refractivity contribution < 1.29 is 9.53 Å². The molecule has 1 fully saturated rings. The van der Waals surface area contributed by atoms with Crippen molar-refractivity contribution in [1.82, 2.24) is 4.57 Å². The van der Waals surface area contributed by atoms with Crippen LogP contribution in [0.25, 0.3) is 0 Å². The number of ketones is 1. The van der Waals surface area contributed by atoms with Crippen LogP contribution >= 0.6 is 0 Å². The van der Waals surface area contributed by atoms with Crippen molar-refractivity contribution in [2.45, 2.75) is 44.2 Å². The highest BCUT2D eigenvalue weighted by Crippen LogP contribution is 2.37. The number of methoxy groups -OCH3 is 1. The minimum absolute atomic E-state index is 0.322. The lowest BCUT2D eigenvalue weighted by atomic mass is 9.88. The molecule has 0 atom stereocenters. The van der Waals surface area contributed by atoms with Gasteiger partial charge in [0.2, 0.25) is 0 Å². The molecule has 3 nitrogen and oxygen atoms in total. The minimum atomic E-state index is 0.322. The molecule has 0 aromatic carbocycles. The highest BCUT2D eigenvalue weighted by molar-refractivity contribution is 5.98. The summed E-state index contributed by atoms with van der Waals surface area (Å²) in [6.45, 7) is 0. The monoisotopic (exact) mass is 219 g/mol. The normalized spacial score (nSPS) is 28.7. The van der Waals surface area contributed by atoms with Gasteiger partial charge >= 0.3 is 0 Å². The Morgan fingerprint density at radius 2 is 2.19 bits per heavy atom. The molecule has 0 N–H and O–H groups in total. The van der Waals surface area contributed by atoms with Gasteiger partial charge in [-0.15, -0.1) is 0 Å². The fourth-order valence-corrected chi connectivity index (χ4v) is 2.85. The van der Waals surface area contributed by atoms with E-state index < -0.39 is 0 Å². The number of ether oxygens (including phenoxy) is 1. The summed E-state index contributed by atoms with van der Waals surface area (Å²) >= 11 is 0. The average Bonchev–Trinajstić information content (AvgIpc) is 2.62. The van der Waals surface area contributed by atoms with Crippen molar-refractivity contribution in [3.63, 3.8) is 0 Å². The predicted octanol–water partition coefficient (Wildman–Crippen LogP) is 2.36. The molecule has 1 aromatic heterocycles. The van der Waals surface area contributed by atoms with E-state index in [1.54, 1.807) is 7.11 Å². The van der Waals surface area contributed by atoms with Gasteiger partial charge in [-0.3, -0.25) is 4.79 Å². The van der Waals surface area contributed by atoms with Crippen LogP contribution in [0.4, 0.5) is 0 Å². The number of fused-ring (bicyclic) bond motifs is 1. The first-order valence-electron chi connectivity index (χ1n) is 6.05. The third-order valence-corrected chi connectivity index (χ3v) is 3.94. The van der Waals surface area contributed by atoms with Gasteiger partial charge in [0.1, 0.15) is 0 Å².